The van der Waals surface area contributed by atoms with Gasteiger partial charge in [0, 0.05) is 12.6 Å². The van der Waals surface area contributed by atoms with Crippen LogP contribution in [0.4, 0.5) is 11.5 Å². The molecule has 1 aromatic heterocycles. The topological polar surface area (TPSA) is 68.5 Å². The third-order valence-electron chi connectivity index (χ3n) is 2.26. The van der Waals surface area contributed by atoms with E-state index in [4.69, 9.17) is 16.4 Å². The summed E-state index contributed by atoms with van der Waals surface area (Å²) < 4.78 is 0. The second-order valence-electron chi connectivity index (χ2n) is 3.40. The number of nitrogens with zero attached hydrogens (tertiary/aromatic N) is 3. The predicted octanol–water partition coefficient (Wildman–Crippen LogP) is 2.17. The molecule has 0 saturated carbocycles. The summed E-state index contributed by atoms with van der Waals surface area (Å²) in [5.41, 5.74) is -0.120. The fourth-order valence-electron chi connectivity index (χ4n) is 1.47. The van der Waals surface area contributed by atoms with Gasteiger partial charge in [-0.2, -0.15) is 0 Å². The second-order valence-corrected chi connectivity index (χ2v) is 3.81. The summed E-state index contributed by atoms with van der Waals surface area (Å²) in [5, 5.41) is 12.3. The zero-order valence-corrected chi connectivity index (χ0v) is 9.18. The van der Waals surface area contributed by atoms with Crippen molar-refractivity contribution in [2.45, 2.75) is 12.8 Å². The molecule has 7 heteroatoms. The minimum absolute atomic E-state index is 0.120. The minimum atomic E-state index is -0.528. The Balaban J connectivity index is 2.24. The maximum absolute atomic E-state index is 10.5. The van der Waals surface area contributed by atoms with Crippen LogP contribution in [0.2, 0.25) is 5.02 Å². The Bertz CT molecular complexity index is 407. The number of pyridine rings is 1. The third kappa shape index (κ3) is 2.23. The lowest BCUT2D eigenvalue weighted by atomic mass is 10.3. The van der Waals surface area contributed by atoms with Crippen LogP contribution in [-0.2, 0) is 4.84 Å². The number of aromatic nitrogens is 1. The average Bonchev–Trinajstić information content (AvgIpc) is 2.30. The van der Waals surface area contributed by atoms with Crippen LogP contribution >= 0.6 is 11.6 Å². The van der Waals surface area contributed by atoms with Gasteiger partial charge in [0.05, 0.1) is 16.6 Å². The molecule has 0 aromatic carbocycles. The molecule has 0 amide bonds. The molecule has 6 nitrogen and oxygen atoms in total. The number of hydroxylamine groups is 1. The lowest BCUT2D eigenvalue weighted by molar-refractivity contribution is -0.385. The van der Waals surface area contributed by atoms with Crippen molar-refractivity contribution in [3.05, 3.63) is 27.4 Å². The predicted molar refractivity (Wildman–Crippen MR) is 58.4 cm³/mol. The fourth-order valence-corrected chi connectivity index (χ4v) is 1.72. The molecule has 0 N–H and O–H groups in total. The van der Waals surface area contributed by atoms with Gasteiger partial charge in [-0.05, 0) is 12.8 Å². The number of anilines is 1. The molecule has 0 aliphatic carbocycles. The maximum Gasteiger partial charge on any atom is 0.289 e. The van der Waals surface area contributed by atoms with Crippen LogP contribution in [0.3, 0.4) is 0 Å². The molecule has 1 saturated heterocycles. The first-order chi connectivity index (χ1) is 7.68. The van der Waals surface area contributed by atoms with E-state index in [1.807, 2.05) is 0 Å². The van der Waals surface area contributed by atoms with Crippen LogP contribution in [0.15, 0.2) is 12.3 Å². The summed E-state index contributed by atoms with van der Waals surface area (Å²) in [6.45, 7) is 1.32. The van der Waals surface area contributed by atoms with E-state index in [2.05, 4.69) is 4.98 Å². The Morgan fingerprint density at radius 1 is 1.56 bits per heavy atom. The van der Waals surface area contributed by atoms with Crippen molar-refractivity contribution in [1.82, 2.24) is 4.98 Å². The van der Waals surface area contributed by atoms with Crippen molar-refractivity contribution < 1.29 is 9.76 Å². The van der Waals surface area contributed by atoms with Crippen molar-refractivity contribution in [2.75, 3.05) is 18.2 Å². The summed E-state index contributed by atoms with van der Waals surface area (Å²) in [6.07, 6.45) is 3.18. The summed E-state index contributed by atoms with van der Waals surface area (Å²) in [4.78, 5) is 19.3. The van der Waals surface area contributed by atoms with E-state index < -0.39 is 4.92 Å². The second kappa shape index (κ2) is 4.63. The van der Waals surface area contributed by atoms with E-state index in [0.717, 1.165) is 12.8 Å². The first-order valence-electron chi connectivity index (χ1n) is 4.89. The van der Waals surface area contributed by atoms with Crippen molar-refractivity contribution in [3.8, 4) is 0 Å². The molecule has 1 aliphatic heterocycles. The lowest BCUT2D eigenvalue weighted by Crippen LogP contribution is -2.30. The number of hydrogen-bond donors (Lipinski definition) is 0. The Hall–Kier alpha value is -1.40. The highest BCUT2D eigenvalue weighted by molar-refractivity contribution is 6.33. The largest absolute Gasteiger partial charge is 0.289 e. The monoisotopic (exact) mass is 243 g/mol. The van der Waals surface area contributed by atoms with Crippen LogP contribution in [0, 0.1) is 10.1 Å². The van der Waals surface area contributed by atoms with Gasteiger partial charge in [0.25, 0.3) is 5.69 Å². The SMILES string of the molecule is O=[N+]([O-])c1cnc(N2CCCCO2)c(Cl)c1. The molecular weight excluding hydrogens is 234 g/mol. The van der Waals surface area contributed by atoms with Crippen molar-refractivity contribution >= 4 is 23.1 Å². The van der Waals surface area contributed by atoms with Crippen molar-refractivity contribution in [1.29, 1.82) is 0 Å². The Morgan fingerprint density at radius 3 is 2.94 bits per heavy atom. The van der Waals surface area contributed by atoms with Crippen molar-refractivity contribution in [3.63, 3.8) is 0 Å². The molecule has 16 heavy (non-hydrogen) atoms. The molecule has 0 radical (unpaired) electrons. The van der Waals surface area contributed by atoms with E-state index in [9.17, 15) is 10.1 Å². The molecule has 1 aliphatic rings. The fraction of sp³-hybridized carbons (Fsp3) is 0.444. The molecular formula is C9H10ClN3O3. The van der Waals surface area contributed by atoms with E-state index in [1.165, 1.54) is 12.3 Å². The molecule has 86 valence electrons. The molecule has 0 spiro atoms. The van der Waals surface area contributed by atoms with Gasteiger partial charge in [-0.3, -0.25) is 15.0 Å². The van der Waals surface area contributed by atoms with Gasteiger partial charge < -0.3 is 0 Å². The van der Waals surface area contributed by atoms with E-state index in [1.54, 1.807) is 5.06 Å². The molecule has 0 unspecified atom stereocenters. The minimum Gasteiger partial charge on any atom is -0.272 e. The van der Waals surface area contributed by atoms with Crippen LogP contribution in [0.25, 0.3) is 0 Å². The highest BCUT2D eigenvalue weighted by Gasteiger charge is 2.18. The molecule has 1 aromatic rings. The molecule has 2 heterocycles. The summed E-state index contributed by atoms with van der Waals surface area (Å²) in [6, 6.07) is 1.28. The number of rotatable bonds is 2. The highest BCUT2D eigenvalue weighted by atomic mass is 35.5. The van der Waals surface area contributed by atoms with Gasteiger partial charge in [0.2, 0.25) is 0 Å². The van der Waals surface area contributed by atoms with Crippen LogP contribution in [0.5, 0.6) is 0 Å². The maximum atomic E-state index is 10.5. The summed E-state index contributed by atoms with van der Waals surface area (Å²) in [5.74, 6) is 0.437. The first kappa shape index (κ1) is 11.1. The van der Waals surface area contributed by atoms with Gasteiger partial charge >= 0.3 is 0 Å². The van der Waals surface area contributed by atoms with E-state index >= 15 is 0 Å². The van der Waals surface area contributed by atoms with Gasteiger partial charge in [-0.25, -0.2) is 10.0 Å². The molecule has 0 atom stereocenters. The Kier molecular flexibility index (Phi) is 3.21. The van der Waals surface area contributed by atoms with Crippen LogP contribution < -0.4 is 5.06 Å². The lowest BCUT2D eigenvalue weighted by Gasteiger charge is -2.27. The number of nitro groups is 1. The normalized spacial score (nSPS) is 16.2. The van der Waals surface area contributed by atoms with E-state index in [0.29, 0.717) is 19.0 Å². The van der Waals surface area contributed by atoms with Gasteiger partial charge in [-0.1, -0.05) is 11.6 Å². The third-order valence-corrected chi connectivity index (χ3v) is 2.54. The van der Waals surface area contributed by atoms with E-state index in [-0.39, 0.29) is 10.7 Å². The quantitative estimate of drug-likeness (QED) is 0.588. The van der Waals surface area contributed by atoms with Gasteiger partial charge in [0.15, 0.2) is 5.82 Å². The summed E-state index contributed by atoms with van der Waals surface area (Å²) in [7, 11) is 0. The van der Waals surface area contributed by atoms with Gasteiger partial charge in [-0.15, -0.1) is 0 Å². The molecule has 2 rings (SSSR count). The first-order valence-corrected chi connectivity index (χ1v) is 5.26. The molecule has 0 bridgehead atoms. The summed E-state index contributed by atoms with van der Waals surface area (Å²) >= 11 is 5.92. The van der Waals surface area contributed by atoms with Crippen LogP contribution in [-0.4, -0.2) is 23.1 Å². The zero-order chi connectivity index (χ0) is 11.5. The Morgan fingerprint density at radius 2 is 2.38 bits per heavy atom. The smallest absolute Gasteiger partial charge is 0.272 e. The zero-order valence-electron chi connectivity index (χ0n) is 8.43. The number of halogens is 1. The average molecular weight is 244 g/mol. The number of hydrogen-bond acceptors (Lipinski definition) is 5. The van der Waals surface area contributed by atoms with Crippen LogP contribution in [0.1, 0.15) is 12.8 Å². The Labute approximate surface area is 96.9 Å². The standard InChI is InChI=1S/C9H10ClN3O3/c10-8-5-7(13(14)15)6-11-9(8)12-3-1-2-4-16-12/h5-6H,1-4H2. The van der Waals surface area contributed by atoms with Crippen molar-refractivity contribution in [2.24, 2.45) is 0 Å². The van der Waals surface area contributed by atoms with Gasteiger partial charge in [0.1, 0.15) is 6.20 Å². The highest BCUT2D eigenvalue weighted by Crippen LogP contribution is 2.28. The molecule has 1 fully saturated rings.